The van der Waals surface area contributed by atoms with Crippen molar-refractivity contribution in [3.8, 4) is 0 Å². The van der Waals surface area contributed by atoms with Gasteiger partial charge in [0.25, 0.3) is 11.8 Å². The number of aromatic amines is 1. The Morgan fingerprint density at radius 1 is 1.55 bits per heavy atom. The molecule has 4 N–H and O–H groups in total. The summed E-state index contributed by atoms with van der Waals surface area (Å²) in [4.78, 5) is 32.8. The van der Waals surface area contributed by atoms with Crippen LogP contribution in [0.2, 0.25) is 0 Å². The Hall–Kier alpha value is -3.24. The van der Waals surface area contributed by atoms with E-state index in [1.165, 1.54) is 17.9 Å². The third kappa shape index (κ3) is 2.31. The van der Waals surface area contributed by atoms with Crippen molar-refractivity contribution in [1.29, 1.82) is 0 Å². The van der Waals surface area contributed by atoms with Crippen LogP contribution >= 0.6 is 0 Å². The summed E-state index contributed by atoms with van der Waals surface area (Å²) in [7, 11) is 1.48. The van der Waals surface area contributed by atoms with Gasteiger partial charge in [0.1, 0.15) is 5.69 Å². The molecule has 104 valence electrons. The molecule has 0 radical (unpaired) electrons. The second-order valence-corrected chi connectivity index (χ2v) is 3.74. The van der Waals surface area contributed by atoms with E-state index in [1.54, 1.807) is 0 Å². The van der Waals surface area contributed by atoms with Crippen LogP contribution < -0.4 is 11.1 Å². The van der Waals surface area contributed by atoms with E-state index in [0.717, 1.165) is 6.07 Å². The molecule has 0 unspecified atom stereocenters. The summed E-state index contributed by atoms with van der Waals surface area (Å²) in [5.74, 6) is -1.92. The van der Waals surface area contributed by atoms with Gasteiger partial charge in [-0.25, -0.2) is 0 Å². The van der Waals surface area contributed by atoms with Crippen molar-refractivity contribution in [2.45, 2.75) is 0 Å². The molecule has 0 fully saturated rings. The largest absolute Gasteiger partial charge is 0.364 e. The van der Waals surface area contributed by atoms with Crippen LogP contribution in [-0.2, 0) is 7.05 Å². The number of nitro groups is 1. The van der Waals surface area contributed by atoms with Crippen LogP contribution in [0.5, 0.6) is 0 Å². The predicted octanol–water partition coefficient (Wildman–Crippen LogP) is -0.597. The maximum absolute atomic E-state index is 11.8. The number of aryl methyl sites for hydroxylation is 1. The van der Waals surface area contributed by atoms with Crippen LogP contribution in [0, 0.1) is 10.1 Å². The number of anilines is 1. The zero-order valence-corrected chi connectivity index (χ0v) is 10.2. The number of nitrogens with two attached hydrogens (primary N) is 1. The zero-order chi connectivity index (χ0) is 14.9. The first-order valence-corrected chi connectivity index (χ1v) is 5.23. The number of hydrogen-bond acceptors (Lipinski definition) is 6. The number of amides is 2. The minimum absolute atomic E-state index is 0.00313. The zero-order valence-electron chi connectivity index (χ0n) is 10.2. The van der Waals surface area contributed by atoms with E-state index in [0.29, 0.717) is 0 Å². The number of primary amides is 1. The predicted molar refractivity (Wildman–Crippen MR) is 64.9 cm³/mol. The molecule has 2 aromatic rings. The van der Waals surface area contributed by atoms with Crippen LogP contribution in [0.3, 0.4) is 0 Å². The Morgan fingerprint density at radius 2 is 2.25 bits per heavy atom. The third-order valence-electron chi connectivity index (χ3n) is 2.41. The summed E-state index contributed by atoms with van der Waals surface area (Å²) in [5.41, 5.74) is 5.05. The van der Waals surface area contributed by atoms with Gasteiger partial charge in [-0.2, -0.15) is 5.10 Å². The maximum Gasteiger partial charge on any atom is 0.343 e. The first-order chi connectivity index (χ1) is 9.40. The van der Waals surface area contributed by atoms with Crippen molar-refractivity contribution < 1.29 is 14.5 Å². The van der Waals surface area contributed by atoms with Crippen molar-refractivity contribution in [2.75, 3.05) is 5.32 Å². The molecule has 0 saturated heterocycles. The van der Waals surface area contributed by atoms with Crippen LogP contribution in [0.25, 0.3) is 0 Å². The van der Waals surface area contributed by atoms with E-state index in [-0.39, 0.29) is 17.1 Å². The van der Waals surface area contributed by atoms with E-state index < -0.39 is 22.6 Å². The lowest BCUT2D eigenvalue weighted by molar-refractivity contribution is -0.389. The number of rotatable bonds is 4. The Morgan fingerprint density at radius 3 is 2.80 bits per heavy atom. The third-order valence-corrected chi connectivity index (χ3v) is 2.41. The van der Waals surface area contributed by atoms with Crippen molar-refractivity contribution in [2.24, 2.45) is 12.8 Å². The molecular weight excluding hydrogens is 270 g/mol. The second-order valence-electron chi connectivity index (χ2n) is 3.74. The molecule has 2 heterocycles. The molecule has 2 aromatic heterocycles. The van der Waals surface area contributed by atoms with Crippen molar-refractivity contribution in [3.05, 3.63) is 33.8 Å². The number of nitrogens with one attached hydrogen (secondary N) is 2. The van der Waals surface area contributed by atoms with E-state index in [9.17, 15) is 19.7 Å². The minimum atomic E-state index is -0.770. The van der Waals surface area contributed by atoms with E-state index in [2.05, 4.69) is 20.6 Å². The molecule has 2 amide bonds. The van der Waals surface area contributed by atoms with E-state index in [1.807, 2.05) is 0 Å². The molecule has 0 bridgehead atoms. The lowest BCUT2D eigenvalue weighted by Crippen LogP contribution is -2.20. The number of aromatic nitrogens is 4. The fourth-order valence-corrected chi connectivity index (χ4v) is 1.53. The maximum atomic E-state index is 11.8. The number of carbonyl (C=O) groups is 2. The molecule has 0 spiro atoms. The van der Waals surface area contributed by atoms with Gasteiger partial charge in [0.2, 0.25) is 0 Å². The summed E-state index contributed by atoms with van der Waals surface area (Å²) < 4.78 is 1.20. The molecule has 0 aromatic carbocycles. The van der Waals surface area contributed by atoms with Gasteiger partial charge in [0.15, 0.2) is 5.69 Å². The topological polar surface area (TPSA) is 162 Å². The van der Waals surface area contributed by atoms with Crippen molar-refractivity contribution >= 4 is 23.3 Å². The second kappa shape index (κ2) is 4.79. The Labute approximate surface area is 110 Å². The van der Waals surface area contributed by atoms with Crippen molar-refractivity contribution in [3.63, 3.8) is 0 Å². The summed E-state index contributed by atoms with van der Waals surface area (Å²) >= 11 is 0. The molecule has 11 heteroatoms. The number of H-pyrrole nitrogens is 1. The van der Waals surface area contributed by atoms with Gasteiger partial charge in [-0.05, 0) is 4.92 Å². The SMILES string of the molecule is Cn1ncc(NC(=O)c2cc([N+](=O)[O-])[nH]n2)c1C(N)=O. The fraction of sp³-hybridized carbons (Fsp3) is 0.111. The van der Waals surface area contributed by atoms with Gasteiger partial charge in [0.05, 0.1) is 18.0 Å². The highest BCUT2D eigenvalue weighted by Crippen LogP contribution is 2.15. The highest BCUT2D eigenvalue weighted by atomic mass is 16.6. The quantitative estimate of drug-likeness (QED) is 0.500. The molecule has 0 aliphatic heterocycles. The molecule has 0 atom stereocenters. The van der Waals surface area contributed by atoms with Gasteiger partial charge in [-0.3, -0.25) is 14.3 Å². The first kappa shape index (κ1) is 13.2. The minimum Gasteiger partial charge on any atom is -0.364 e. The van der Waals surface area contributed by atoms with Gasteiger partial charge < -0.3 is 21.2 Å². The molecule has 11 nitrogen and oxygen atoms in total. The van der Waals surface area contributed by atoms with Gasteiger partial charge >= 0.3 is 5.82 Å². The molecule has 0 aliphatic rings. The molecule has 0 aliphatic carbocycles. The van der Waals surface area contributed by atoms with Gasteiger partial charge in [0, 0.05) is 7.05 Å². The van der Waals surface area contributed by atoms with Crippen LogP contribution in [-0.4, -0.2) is 36.7 Å². The Bertz CT molecular complexity index is 701. The number of carbonyl (C=O) groups excluding carboxylic acids is 2. The molecule has 0 saturated carbocycles. The number of hydrogen-bond donors (Lipinski definition) is 3. The summed E-state index contributed by atoms with van der Waals surface area (Å²) in [5, 5.41) is 22.2. The lowest BCUT2D eigenvalue weighted by atomic mass is 10.3. The summed E-state index contributed by atoms with van der Waals surface area (Å²) in [6, 6.07) is 0.968. The average Bonchev–Trinajstić information content (AvgIpc) is 2.96. The Kier molecular flexibility index (Phi) is 3.16. The molecular formula is C9H9N7O4. The van der Waals surface area contributed by atoms with Gasteiger partial charge in [-0.15, -0.1) is 5.10 Å². The highest BCUT2D eigenvalue weighted by Gasteiger charge is 2.20. The van der Waals surface area contributed by atoms with Gasteiger partial charge in [-0.1, -0.05) is 5.10 Å². The normalized spacial score (nSPS) is 10.2. The first-order valence-electron chi connectivity index (χ1n) is 5.23. The summed E-state index contributed by atoms with van der Waals surface area (Å²) in [6.45, 7) is 0. The highest BCUT2D eigenvalue weighted by molar-refractivity contribution is 6.07. The number of nitrogens with zero attached hydrogens (tertiary/aromatic N) is 4. The monoisotopic (exact) mass is 279 g/mol. The average molecular weight is 279 g/mol. The van der Waals surface area contributed by atoms with Crippen LogP contribution in [0.1, 0.15) is 21.0 Å². The Balaban J connectivity index is 2.23. The van der Waals surface area contributed by atoms with E-state index >= 15 is 0 Å². The lowest BCUT2D eigenvalue weighted by Gasteiger charge is -2.02. The summed E-state index contributed by atoms with van der Waals surface area (Å²) in [6.07, 6.45) is 1.24. The van der Waals surface area contributed by atoms with Crippen molar-refractivity contribution in [1.82, 2.24) is 20.0 Å². The smallest absolute Gasteiger partial charge is 0.343 e. The fourth-order valence-electron chi connectivity index (χ4n) is 1.53. The molecule has 20 heavy (non-hydrogen) atoms. The molecule has 2 rings (SSSR count). The van der Waals surface area contributed by atoms with Crippen LogP contribution in [0.15, 0.2) is 12.3 Å². The van der Waals surface area contributed by atoms with E-state index in [4.69, 9.17) is 5.73 Å². The van der Waals surface area contributed by atoms with Crippen LogP contribution in [0.4, 0.5) is 11.5 Å². The standard InChI is InChI=1S/C9H9N7O4/c1-15-7(8(10)17)5(3-11-15)12-9(18)4-2-6(14-13-4)16(19)20/h2-3H,1H3,(H2,10,17)(H,12,18)(H,13,14).